The standard InChI is InChI=1S/C22H24F4O6/c1-13(2)32-20(21(28)29)9-14-4-3-5-17(8-14)30-11-16(27)12-31-19-10-15(22(24,25)26)6-7-18(19)23/h3-8,10,13,16,20,27H,9,11-12H2,1-2H3,(H,28,29)/t16-,20-/m0/s1. The van der Waals surface area contributed by atoms with Crippen molar-refractivity contribution in [2.75, 3.05) is 13.2 Å². The van der Waals surface area contributed by atoms with Crippen molar-refractivity contribution < 1.29 is 46.8 Å². The Morgan fingerprint density at radius 3 is 2.38 bits per heavy atom. The highest BCUT2D eigenvalue weighted by atomic mass is 19.4. The predicted molar refractivity (Wildman–Crippen MR) is 106 cm³/mol. The summed E-state index contributed by atoms with van der Waals surface area (Å²) >= 11 is 0. The molecule has 6 nitrogen and oxygen atoms in total. The van der Waals surface area contributed by atoms with E-state index in [1.807, 2.05) is 0 Å². The number of hydrogen-bond donors (Lipinski definition) is 2. The summed E-state index contributed by atoms with van der Waals surface area (Å²) in [6.07, 6.45) is -7.12. The van der Waals surface area contributed by atoms with Crippen molar-refractivity contribution in [3.8, 4) is 11.5 Å². The van der Waals surface area contributed by atoms with Crippen molar-refractivity contribution in [3.63, 3.8) is 0 Å². The number of halogens is 4. The quantitative estimate of drug-likeness (QED) is 0.492. The van der Waals surface area contributed by atoms with Crippen LogP contribution in [0.3, 0.4) is 0 Å². The van der Waals surface area contributed by atoms with Gasteiger partial charge in [0.15, 0.2) is 17.7 Å². The third-order valence-electron chi connectivity index (χ3n) is 4.16. The second-order valence-electron chi connectivity index (χ2n) is 7.28. The molecular weight excluding hydrogens is 436 g/mol. The summed E-state index contributed by atoms with van der Waals surface area (Å²) in [7, 11) is 0. The van der Waals surface area contributed by atoms with Gasteiger partial charge in [0.05, 0.1) is 11.7 Å². The van der Waals surface area contributed by atoms with Crippen molar-refractivity contribution in [1.29, 1.82) is 0 Å². The summed E-state index contributed by atoms with van der Waals surface area (Å²) in [5, 5.41) is 19.3. The molecule has 0 aliphatic carbocycles. The lowest BCUT2D eigenvalue weighted by Gasteiger charge is -2.17. The van der Waals surface area contributed by atoms with E-state index in [1.54, 1.807) is 38.1 Å². The van der Waals surface area contributed by atoms with Crippen LogP contribution in [0.1, 0.15) is 25.0 Å². The zero-order valence-corrected chi connectivity index (χ0v) is 17.4. The van der Waals surface area contributed by atoms with Gasteiger partial charge in [0.25, 0.3) is 0 Å². The molecule has 0 saturated carbocycles. The van der Waals surface area contributed by atoms with Crippen molar-refractivity contribution in [2.24, 2.45) is 0 Å². The van der Waals surface area contributed by atoms with E-state index in [0.29, 0.717) is 29.5 Å². The number of aliphatic carboxylic acids is 1. The minimum atomic E-state index is -4.65. The normalized spacial score (nSPS) is 13.6. The number of carboxylic acids is 1. The molecule has 0 heterocycles. The molecule has 0 fully saturated rings. The molecule has 176 valence electrons. The predicted octanol–water partition coefficient (Wildman–Crippen LogP) is 4.08. The summed E-state index contributed by atoms with van der Waals surface area (Å²) in [6.45, 7) is 2.67. The molecular formula is C22H24F4O6. The number of carboxylic acid groups (broad SMARTS) is 1. The summed E-state index contributed by atoms with van der Waals surface area (Å²) in [4.78, 5) is 11.3. The Labute approximate surface area is 182 Å². The van der Waals surface area contributed by atoms with E-state index >= 15 is 0 Å². The molecule has 32 heavy (non-hydrogen) atoms. The van der Waals surface area contributed by atoms with E-state index in [9.17, 15) is 32.6 Å². The lowest BCUT2D eigenvalue weighted by Crippen LogP contribution is -2.29. The molecule has 2 N–H and O–H groups in total. The highest BCUT2D eigenvalue weighted by molar-refractivity contribution is 5.72. The van der Waals surface area contributed by atoms with Crippen molar-refractivity contribution in [1.82, 2.24) is 0 Å². The van der Waals surface area contributed by atoms with E-state index in [1.165, 1.54) is 0 Å². The van der Waals surface area contributed by atoms with Crippen LogP contribution in [0.5, 0.6) is 11.5 Å². The molecule has 0 radical (unpaired) electrons. The van der Waals surface area contributed by atoms with Crippen LogP contribution in [-0.4, -0.2) is 47.7 Å². The van der Waals surface area contributed by atoms with Gasteiger partial charge in [-0.15, -0.1) is 0 Å². The maximum atomic E-state index is 13.7. The molecule has 10 heteroatoms. The number of benzene rings is 2. The summed E-state index contributed by atoms with van der Waals surface area (Å²) in [5.41, 5.74) is -0.440. The molecule has 0 aromatic heterocycles. The molecule has 0 amide bonds. The fourth-order valence-corrected chi connectivity index (χ4v) is 2.72. The fourth-order valence-electron chi connectivity index (χ4n) is 2.72. The Morgan fingerprint density at radius 1 is 1.06 bits per heavy atom. The van der Waals surface area contributed by atoms with Gasteiger partial charge in [-0.25, -0.2) is 9.18 Å². The molecule has 2 atom stereocenters. The Hall–Kier alpha value is -2.85. The second-order valence-corrected chi connectivity index (χ2v) is 7.28. The van der Waals surface area contributed by atoms with Crippen LogP contribution in [0.4, 0.5) is 17.6 Å². The first-order valence-corrected chi connectivity index (χ1v) is 9.73. The Kier molecular flexibility index (Phi) is 8.85. The number of hydrogen-bond acceptors (Lipinski definition) is 5. The van der Waals surface area contributed by atoms with E-state index in [0.717, 1.165) is 0 Å². The van der Waals surface area contributed by atoms with Crippen LogP contribution in [0.2, 0.25) is 0 Å². The van der Waals surface area contributed by atoms with Crippen molar-refractivity contribution >= 4 is 5.97 Å². The van der Waals surface area contributed by atoms with Gasteiger partial charge in [0.1, 0.15) is 25.1 Å². The Bertz CT molecular complexity index is 900. The number of aliphatic hydroxyl groups is 1. The highest BCUT2D eigenvalue weighted by Gasteiger charge is 2.31. The van der Waals surface area contributed by atoms with E-state index in [2.05, 4.69) is 0 Å². The minimum absolute atomic E-state index is 0.102. The molecule has 0 aliphatic rings. The average Bonchev–Trinajstić information content (AvgIpc) is 2.70. The monoisotopic (exact) mass is 460 g/mol. The summed E-state index contributed by atoms with van der Waals surface area (Å²) in [6, 6.07) is 8.25. The van der Waals surface area contributed by atoms with Gasteiger partial charge in [-0.1, -0.05) is 12.1 Å². The molecule has 0 aliphatic heterocycles. The first-order valence-electron chi connectivity index (χ1n) is 9.73. The third kappa shape index (κ3) is 8.01. The van der Waals surface area contributed by atoms with Gasteiger partial charge >= 0.3 is 12.1 Å². The molecule has 0 unspecified atom stereocenters. The molecule has 0 spiro atoms. The number of aliphatic hydroxyl groups excluding tert-OH is 1. The minimum Gasteiger partial charge on any atom is -0.491 e. The second kappa shape index (κ2) is 11.1. The third-order valence-corrected chi connectivity index (χ3v) is 4.16. The van der Waals surface area contributed by atoms with Crippen molar-refractivity contribution in [3.05, 3.63) is 59.4 Å². The SMILES string of the molecule is CC(C)O[C@@H](Cc1cccc(OC[C@H](O)COc2cc(C(F)(F)F)ccc2F)c1)C(=O)O. The average molecular weight is 460 g/mol. The molecule has 0 bridgehead atoms. The van der Waals surface area contributed by atoms with E-state index in [-0.39, 0.29) is 19.1 Å². The first kappa shape index (κ1) is 25.4. The number of rotatable bonds is 11. The van der Waals surface area contributed by atoms with Gasteiger partial charge in [-0.3, -0.25) is 0 Å². The van der Waals surface area contributed by atoms with E-state index < -0.39 is 48.1 Å². The maximum Gasteiger partial charge on any atom is 0.416 e. The number of carbonyl (C=O) groups is 1. The molecule has 2 aromatic rings. The number of ether oxygens (including phenoxy) is 3. The van der Waals surface area contributed by atoms with Crippen LogP contribution >= 0.6 is 0 Å². The topological polar surface area (TPSA) is 85.2 Å². The lowest BCUT2D eigenvalue weighted by molar-refractivity contribution is -0.153. The van der Waals surface area contributed by atoms with Gasteiger partial charge in [-0.2, -0.15) is 13.2 Å². The maximum absolute atomic E-state index is 13.7. The molecule has 0 saturated heterocycles. The van der Waals surface area contributed by atoms with Gasteiger partial charge in [0.2, 0.25) is 0 Å². The van der Waals surface area contributed by atoms with Gasteiger partial charge in [-0.05, 0) is 49.7 Å². The fraction of sp³-hybridized carbons (Fsp3) is 0.409. The summed E-state index contributed by atoms with van der Waals surface area (Å²) in [5.74, 6) is -2.39. The Balaban J connectivity index is 1.91. The Morgan fingerprint density at radius 2 is 1.75 bits per heavy atom. The zero-order valence-electron chi connectivity index (χ0n) is 17.4. The van der Waals surface area contributed by atoms with Gasteiger partial charge < -0.3 is 24.4 Å². The van der Waals surface area contributed by atoms with Crippen molar-refractivity contribution in [2.45, 2.75) is 44.8 Å². The summed E-state index contributed by atoms with van der Waals surface area (Å²) < 4.78 is 67.7. The number of alkyl halides is 3. The zero-order chi connectivity index (χ0) is 23.9. The van der Waals surface area contributed by atoms with Crippen LogP contribution in [0.25, 0.3) is 0 Å². The molecule has 2 aromatic carbocycles. The highest BCUT2D eigenvalue weighted by Crippen LogP contribution is 2.32. The largest absolute Gasteiger partial charge is 0.491 e. The van der Waals surface area contributed by atoms with Crippen LogP contribution < -0.4 is 9.47 Å². The lowest BCUT2D eigenvalue weighted by atomic mass is 10.1. The van der Waals surface area contributed by atoms with Crippen LogP contribution in [0.15, 0.2) is 42.5 Å². The van der Waals surface area contributed by atoms with Crippen LogP contribution in [0, 0.1) is 5.82 Å². The smallest absolute Gasteiger partial charge is 0.416 e. The van der Waals surface area contributed by atoms with E-state index in [4.69, 9.17) is 14.2 Å². The van der Waals surface area contributed by atoms with Gasteiger partial charge in [0, 0.05) is 6.42 Å². The first-order chi connectivity index (χ1) is 15.0. The van der Waals surface area contributed by atoms with Crippen LogP contribution in [-0.2, 0) is 22.1 Å². The molecule has 2 rings (SSSR count).